The summed E-state index contributed by atoms with van der Waals surface area (Å²) in [4.78, 5) is 16.4. The minimum absolute atomic E-state index is 0.0140. The molecule has 2 unspecified atom stereocenters. The van der Waals surface area contributed by atoms with Crippen molar-refractivity contribution in [1.82, 2.24) is 20.8 Å². The summed E-state index contributed by atoms with van der Waals surface area (Å²) < 4.78 is 18.8. The number of piperidine rings is 1. The molecule has 1 aliphatic heterocycles. The first-order chi connectivity index (χ1) is 12.0. The van der Waals surface area contributed by atoms with Crippen LogP contribution in [-0.2, 0) is 11.2 Å². The maximum Gasteiger partial charge on any atom is 0.227 e. The van der Waals surface area contributed by atoms with Gasteiger partial charge in [-0.1, -0.05) is 24.2 Å². The molecule has 1 aromatic heterocycles. The van der Waals surface area contributed by atoms with E-state index in [2.05, 4.69) is 27.7 Å². The Bertz CT molecular complexity index is 746. The van der Waals surface area contributed by atoms with Gasteiger partial charge in [0.15, 0.2) is 0 Å². The molecule has 1 fully saturated rings. The normalized spacial score (nSPS) is 20.4. The number of aromatic nitrogens is 2. The molecule has 6 nitrogen and oxygen atoms in total. The number of carbonyl (C=O) groups is 1. The van der Waals surface area contributed by atoms with Crippen LogP contribution in [0.15, 0.2) is 22.7 Å². The van der Waals surface area contributed by atoms with Crippen LogP contribution >= 0.6 is 0 Å². The van der Waals surface area contributed by atoms with Crippen LogP contribution in [0.25, 0.3) is 11.4 Å². The van der Waals surface area contributed by atoms with Gasteiger partial charge in [0, 0.05) is 24.4 Å². The van der Waals surface area contributed by atoms with E-state index in [4.69, 9.17) is 4.52 Å². The summed E-state index contributed by atoms with van der Waals surface area (Å²) in [6.45, 7) is 5.67. The first kappa shape index (κ1) is 17.5. The monoisotopic (exact) mass is 346 g/mol. The molecule has 2 atom stereocenters. The minimum Gasteiger partial charge on any atom is -0.353 e. The average Bonchev–Trinajstić information content (AvgIpc) is 3.07. The van der Waals surface area contributed by atoms with Crippen LogP contribution in [0.1, 0.15) is 31.2 Å². The van der Waals surface area contributed by atoms with Gasteiger partial charge in [-0.15, -0.1) is 0 Å². The highest BCUT2D eigenvalue weighted by Gasteiger charge is 2.22. The summed E-state index contributed by atoms with van der Waals surface area (Å²) in [6, 6.07) is 5.02. The third-order valence-electron chi connectivity index (χ3n) is 4.60. The Balaban J connectivity index is 1.54. The zero-order valence-corrected chi connectivity index (χ0v) is 14.5. The van der Waals surface area contributed by atoms with Gasteiger partial charge in [0.05, 0.1) is 0 Å². The lowest BCUT2D eigenvalue weighted by Crippen LogP contribution is -2.48. The van der Waals surface area contributed by atoms with Crippen LogP contribution in [0.4, 0.5) is 4.39 Å². The van der Waals surface area contributed by atoms with E-state index in [-0.39, 0.29) is 17.8 Å². The van der Waals surface area contributed by atoms with Crippen LogP contribution < -0.4 is 10.6 Å². The molecule has 1 saturated heterocycles. The number of carbonyl (C=O) groups excluding carboxylic acids is 1. The molecule has 7 heteroatoms. The smallest absolute Gasteiger partial charge is 0.227 e. The Morgan fingerprint density at radius 1 is 1.48 bits per heavy atom. The Labute approximate surface area is 146 Å². The third-order valence-corrected chi connectivity index (χ3v) is 4.60. The topological polar surface area (TPSA) is 80.0 Å². The second kappa shape index (κ2) is 7.74. The van der Waals surface area contributed by atoms with Crippen molar-refractivity contribution >= 4 is 5.91 Å². The van der Waals surface area contributed by atoms with Crippen LogP contribution in [0.3, 0.4) is 0 Å². The van der Waals surface area contributed by atoms with E-state index >= 15 is 0 Å². The average molecular weight is 346 g/mol. The predicted molar refractivity (Wildman–Crippen MR) is 91.3 cm³/mol. The number of rotatable bonds is 5. The van der Waals surface area contributed by atoms with Crippen molar-refractivity contribution in [3.8, 4) is 11.4 Å². The number of hydrogen-bond donors (Lipinski definition) is 2. The van der Waals surface area contributed by atoms with E-state index in [1.165, 1.54) is 6.07 Å². The van der Waals surface area contributed by atoms with Crippen molar-refractivity contribution in [3.63, 3.8) is 0 Å². The number of hydrogen-bond acceptors (Lipinski definition) is 5. The fourth-order valence-corrected chi connectivity index (χ4v) is 2.93. The second-order valence-corrected chi connectivity index (χ2v) is 6.62. The molecular weight excluding hydrogens is 323 g/mol. The predicted octanol–water partition coefficient (Wildman–Crippen LogP) is 2.23. The van der Waals surface area contributed by atoms with Gasteiger partial charge in [-0.25, -0.2) is 4.39 Å². The highest BCUT2D eigenvalue weighted by Crippen LogP contribution is 2.19. The molecule has 3 rings (SSSR count). The lowest BCUT2D eigenvalue weighted by atomic mass is 9.95. The summed E-state index contributed by atoms with van der Waals surface area (Å²) in [6.07, 6.45) is 1.60. The quantitative estimate of drug-likeness (QED) is 0.868. The molecule has 0 spiro atoms. The molecular formula is C18H23FN4O2. The zero-order valence-electron chi connectivity index (χ0n) is 14.5. The highest BCUT2D eigenvalue weighted by molar-refractivity contribution is 5.76. The first-order valence-corrected chi connectivity index (χ1v) is 8.62. The van der Waals surface area contributed by atoms with Gasteiger partial charge in [0.25, 0.3) is 0 Å². The number of nitrogens with zero attached hydrogens (tertiary/aromatic N) is 2. The van der Waals surface area contributed by atoms with E-state index < -0.39 is 0 Å². The van der Waals surface area contributed by atoms with Crippen molar-refractivity contribution in [1.29, 1.82) is 0 Å². The van der Waals surface area contributed by atoms with Crippen molar-refractivity contribution in [2.45, 2.75) is 39.2 Å². The molecule has 0 bridgehead atoms. The number of benzene rings is 1. The molecule has 0 saturated carbocycles. The molecule has 0 radical (unpaired) electrons. The third kappa shape index (κ3) is 4.42. The Kier molecular flexibility index (Phi) is 5.43. The Morgan fingerprint density at radius 2 is 2.32 bits per heavy atom. The number of nitrogens with one attached hydrogen (secondary N) is 2. The Hall–Kier alpha value is -2.28. The van der Waals surface area contributed by atoms with Crippen LogP contribution in [-0.4, -0.2) is 35.2 Å². The van der Waals surface area contributed by atoms with Gasteiger partial charge in [0.1, 0.15) is 5.82 Å². The van der Waals surface area contributed by atoms with Crippen LogP contribution in [0, 0.1) is 18.7 Å². The zero-order chi connectivity index (χ0) is 17.8. The van der Waals surface area contributed by atoms with E-state index in [9.17, 15) is 9.18 Å². The molecule has 2 aromatic rings. The summed E-state index contributed by atoms with van der Waals surface area (Å²) in [5.41, 5.74) is 1.13. The summed E-state index contributed by atoms with van der Waals surface area (Å²) in [7, 11) is 0. The van der Waals surface area contributed by atoms with Gasteiger partial charge in [0.2, 0.25) is 17.6 Å². The number of amides is 1. The summed E-state index contributed by atoms with van der Waals surface area (Å²) in [5, 5.41) is 10.3. The van der Waals surface area contributed by atoms with Crippen molar-refractivity contribution in [2.24, 2.45) is 5.92 Å². The molecule has 25 heavy (non-hydrogen) atoms. The lowest BCUT2D eigenvalue weighted by Gasteiger charge is -2.30. The van der Waals surface area contributed by atoms with E-state index in [0.29, 0.717) is 41.6 Å². The van der Waals surface area contributed by atoms with Crippen LogP contribution in [0.5, 0.6) is 0 Å². The molecule has 0 aliphatic carbocycles. The molecule has 1 amide bonds. The van der Waals surface area contributed by atoms with Crippen LogP contribution in [0.2, 0.25) is 0 Å². The Morgan fingerprint density at radius 3 is 3.08 bits per heavy atom. The maximum atomic E-state index is 13.6. The molecule has 1 aromatic carbocycles. The van der Waals surface area contributed by atoms with Gasteiger partial charge >= 0.3 is 0 Å². The largest absolute Gasteiger partial charge is 0.353 e. The second-order valence-electron chi connectivity index (χ2n) is 6.62. The fourth-order valence-electron chi connectivity index (χ4n) is 2.93. The van der Waals surface area contributed by atoms with E-state index in [0.717, 1.165) is 19.5 Å². The molecule has 2 N–H and O–H groups in total. The van der Waals surface area contributed by atoms with E-state index in [1.54, 1.807) is 19.1 Å². The summed E-state index contributed by atoms with van der Waals surface area (Å²) in [5.74, 6) is 0.814. The maximum absolute atomic E-state index is 13.6. The van der Waals surface area contributed by atoms with Gasteiger partial charge < -0.3 is 15.2 Å². The highest BCUT2D eigenvalue weighted by atomic mass is 19.1. The van der Waals surface area contributed by atoms with Gasteiger partial charge in [-0.2, -0.15) is 4.98 Å². The minimum atomic E-state index is -0.306. The van der Waals surface area contributed by atoms with Gasteiger partial charge in [-0.3, -0.25) is 4.79 Å². The lowest BCUT2D eigenvalue weighted by molar-refractivity contribution is -0.122. The van der Waals surface area contributed by atoms with Crippen molar-refractivity contribution in [2.75, 3.05) is 13.1 Å². The molecule has 2 heterocycles. The van der Waals surface area contributed by atoms with E-state index in [1.807, 2.05) is 0 Å². The summed E-state index contributed by atoms with van der Waals surface area (Å²) >= 11 is 0. The number of halogens is 1. The SMILES string of the molecule is Cc1ccc(-c2noc(CCC(=O)NC3CCNCC3C)n2)cc1F. The molecule has 1 aliphatic rings. The first-order valence-electron chi connectivity index (χ1n) is 8.62. The number of aryl methyl sites for hydroxylation is 2. The van der Waals surface area contributed by atoms with Crippen molar-refractivity contribution in [3.05, 3.63) is 35.5 Å². The standard InChI is InChI=1S/C18H23FN4O2/c1-11-3-4-13(9-14(11)19)18-22-17(25-23-18)6-5-16(24)21-15-7-8-20-10-12(15)2/h3-4,9,12,15,20H,5-8,10H2,1-2H3,(H,21,24). The van der Waals surface area contributed by atoms with Gasteiger partial charge in [-0.05, 0) is 44.0 Å². The molecule has 134 valence electrons. The van der Waals surface area contributed by atoms with Crippen molar-refractivity contribution < 1.29 is 13.7 Å². The fraction of sp³-hybridized carbons (Fsp3) is 0.500.